The van der Waals surface area contributed by atoms with E-state index in [9.17, 15) is 4.79 Å². The highest BCUT2D eigenvalue weighted by Gasteiger charge is 2.13. The van der Waals surface area contributed by atoms with Gasteiger partial charge in [-0.25, -0.2) is 0 Å². The Bertz CT molecular complexity index is 1040. The first kappa shape index (κ1) is 16.0. The standard InChI is InChI=1S/C20H16N4O2/c25-19(11-17-16-7-1-2-8-18(16)26-24-17)23-13-15-6-4-10-22-20(15)14-5-3-9-21-12-14/h1-10,12H,11,13H2,(H,23,25). The number of fused-ring (bicyclic) bond motifs is 1. The molecule has 128 valence electrons. The van der Waals surface area contributed by atoms with Gasteiger partial charge in [0.25, 0.3) is 0 Å². The number of benzene rings is 1. The van der Waals surface area contributed by atoms with Crippen molar-refractivity contribution in [1.29, 1.82) is 0 Å². The number of carbonyl (C=O) groups is 1. The maximum Gasteiger partial charge on any atom is 0.226 e. The van der Waals surface area contributed by atoms with Gasteiger partial charge < -0.3 is 9.84 Å². The Balaban J connectivity index is 1.47. The molecule has 4 rings (SSSR count). The van der Waals surface area contributed by atoms with Gasteiger partial charge in [-0.2, -0.15) is 0 Å². The van der Waals surface area contributed by atoms with Crippen molar-refractivity contribution in [2.75, 3.05) is 0 Å². The summed E-state index contributed by atoms with van der Waals surface area (Å²) in [7, 11) is 0. The van der Waals surface area contributed by atoms with Crippen molar-refractivity contribution in [3.8, 4) is 11.3 Å². The molecular formula is C20H16N4O2. The van der Waals surface area contributed by atoms with Crippen LogP contribution < -0.4 is 5.32 Å². The third kappa shape index (κ3) is 3.30. The number of amides is 1. The summed E-state index contributed by atoms with van der Waals surface area (Å²) in [5.74, 6) is -0.120. The maximum absolute atomic E-state index is 12.3. The molecule has 4 aromatic rings. The first-order valence-electron chi connectivity index (χ1n) is 8.25. The fourth-order valence-electron chi connectivity index (χ4n) is 2.82. The van der Waals surface area contributed by atoms with Crippen LogP contribution in [0.4, 0.5) is 0 Å². The van der Waals surface area contributed by atoms with E-state index in [-0.39, 0.29) is 12.3 Å². The maximum atomic E-state index is 12.3. The molecule has 0 spiro atoms. The molecule has 0 radical (unpaired) electrons. The molecule has 1 amide bonds. The van der Waals surface area contributed by atoms with Gasteiger partial charge in [-0.3, -0.25) is 14.8 Å². The van der Waals surface area contributed by atoms with Gasteiger partial charge in [0.2, 0.25) is 5.91 Å². The summed E-state index contributed by atoms with van der Waals surface area (Å²) in [6.07, 6.45) is 5.37. The van der Waals surface area contributed by atoms with Gasteiger partial charge in [0, 0.05) is 36.1 Å². The minimum absolute atomic E-state index is 0.120. The predicted molar refractivity (Wildman–Crippen MR) is 97.0 cm³/mol. The van der Waals surface area contributed by atoms with Crippen LogP contribution in [0.2, 0.25) is 0 Å². The Morgan fingerprint density at radius 3 is 2.81 bits per heavy atom. The summed E-state index contributed by atoms with van der Waals surface area (Å²) >= 11 is 0. The zero-order chi connectivity index (χ0) is 17.8. The summed E-state index contributed by atoms with van der Waals surface area (Å²) in [6.45, 7) is 0.382. The van der Waals surface area contributed by atoms with Crippen molar-refractivity contribution in [3.63, 3.8) is 0 Å². The van der Waals surface area contributed by atoms with Crippen LogP contribution in [-0.4, -0.2) is 21.0 Å². The number of pyridine rings is 2. The number of nitrogens with one attached hydrogen (secondary N) is 1. The van der Waals surface area contributed by atoms with E-state index < -0.39 is 0 Å². The van der Waals surface area contributed by atoms with Crippen LogP contribution in [0.25, 0.3) is 22.2 Å². The first-order chi connectivity index (χ1) is 12.8. The van der Waals surface area contributed by atoms with Gasteiger partial charge in [-0.05, 0) is 35.9 Å². The summed E-state index contributed by atoms with van der Waals surface area (Å²) in [5.41, 5.74) is 3.98. The van der Waals surface area contributed by atoms with Crippen LogP contribution in [0.15, 0.2) is 71.6 Å². The van der Waals surface area contributed by atoms with E-state index in [0.29, 0.717) is 17.8 Å². The van der Waals surface area contributed by atoms with E-state index in [1.54, 1.807) is 18.6 Å². The molecule has 0 atom stereocenters. The lowest BCUT2D eigenvalue weighted by Crippen LogP contribution is -2.25. The predicted octanol–water partition coefficient (Wildman–Crippen LogP) is 3.14. The molecule has 6 nitrogen and oxygen atoms in total. The van der Waals surface area contributed by atoms with E-state index in [1.807, 2.05) is 48.5 Å². The van der Waals surface area contributed by atoms with Crippen molar-refractivity contribution in [2.45, 2.75) is 13.0 Å². The average molecular weight is 344 g/mol. The Kier molecular flexibility index (Phi) is 4.38. The SMILES string of the molecule is O=C(Cc1noc2ccccc12)NCc1cccnc1-c1cccnc1. The third-order valence-corrected chi connectivity index (χ3v) is 4.08. The number of aromatic nitrogens is 3. The van der Waals surface area contributed by atoms with E-state index in [2.05, 4.69) is 20.4 Å². The lowest BCUT2D eigenvalue weighted by molar-refractivity contribution is -0.120. The highest BCUT2D eigenvalue weighted by molar-refractivity contribution is 5.86. The minimum atomic E-state index is -0.120. The van der Waals surface area contributed by atoms with Crippen LogP contribution >= 0.6 is 0 Å². The molecule has 0 saturated heterocycles. The van der Waals surface area contributed by atoms with Gasteiger partial charge >= 0.3 is 0 Å². The summed E-state index contributed by atoms with van der Waals surface area (Å²) in [4.78, 5) is 20.9. The van der Waals surface area contributed by atoms with Gasteiger partial charge in [0.05, 0.1) is 12.1 Å². The highest BCUT2D eigenvalue weighted by Crippen LogP contribution is 2.20. The molecule has 3 heterocycles. The Morgan fingerprint density at radius 1 is 1.04 bits per heavy atom. The zero-order valence-electron chi connectivity index (χ0n) is 13.9. The second kappa shape index (κ2) is 7.14. The normalized spacial score (nSPS) is 10.8. The van der Waals surface area contributed by atoms with E-state index in [0.717, 1.165) is 22.2 Å². The van der Waals surface area contributed by atoms with Gasteiger partial charge in [-0.1, -0.05) is 23.4 Å². The Hall–Kier alpha value is -3.54. The number of carbonyl (C=O) groups excluding carboxylic acids is 1. The quantitative estimate of drug-likeness (QED) is 0.601. The fourth-order valence-corrected chi connectivity index (χ4v) is 2.82. The van der Waals surface area contributed by atoms with Crippen molar-refractivity contribution >= 4 is 16.9 Å². The Labute approximate surface area is 149 Å². The second-order valence-corrected chi connectivity index (χ2v) is 5.83. The largest absolute Gasteiger partial charge is 0.356 e. The van der Waals surface area contributed by atoms with E-state index in [4.69, 9.17) is 4.52 Å². The fraction of sp³-hybridized carbons (Fsp3) is 0.100. The molecule has 3 aromatic heterocycles. The van der Waals surface area contributed by atoms with E-state index >= 15 is 0 Å². The molecule has 0 aliphatic rings. The summed E-state index contributed by atoms with van der Waals surface area (Å²) in [5, 5.41) is 7.79. The van der Waals surface area contributed by atoms with Crippen LogP contribution in [0.1, 0.15) is 11.3 Å². The molecule has 6 heteroatoms. The molecule has 0 aliphatic carbocycles. The van der Waals surface area contributed by atoms with Crippen molar-refractivity contribution in [1.82, 2.24) is 20.4 Å². The number of hydrogen-bond acceptors (Lipinski definition) is 5. The minimum Gasteiger partial charge on any atom is -0.356 e. The third-order valence-electron chi connectivity index (χ3n) is 4.08. The number of para-hydroxylation sites is 1. The highest BCUT2D eigenvalue weighted by atomic mass is 16.5. The second-order valence-electron chi connectivity index (χ2n) is 5.83. The number of rotatable bonds is 5. The smallest absolute Gasteiger partial charge is 0.226 e. The zero-order valence-corrected chi connectivity index (χ0v) is 13.9. The monoisotopic (exact) mass is 344 g/mol. The molecule has 1 aromatic carbocycles. The summed E-state index contributed by atoms with van der Waals surface area (Å²) < 4.78 is 5.24. The molecule has 1 N–H and O–H groups in total. The summed E-state index contributed by atoms with van der Waals surface area (Å²) in [6, 6.07) is 15.1. The molecule has 26 heavy (non-hydrogen) atoms. The molecule has 0 saturated carbocycles. The molecule has 0 unspecified atom stereocenters. The number of nitrogens with zero attached hydrogens (tertiary/aromatic N) is 3. The molecular weight excluding hydrogens is 328 g/mol. The molecule has 0 aliphatic heterocycles. The van der Waals surface area contributed by atoms with Gasteiger partial charge in [0.1, 0.15) is 5.69 Å². The van der Waals surface area contributed by atoms with Crippen LogP contribution in [0.5, 0.6) is 0 Å². The first-order valence-corrected chi connectivity index (χ1v) is 8.25. The molecule has 0 bridgehead atoms. The van der Waals surface area contributed by atoms with Crippen molar-refractivity contribution in [2.24, 2.45) is 0 Å². The van der Waals surface area contributed by atoms with Crippen LogP contribution in [0.3, 0.4) is 0 Å². The van der Waals surface area contributed by atoms with E-state index in [1.165, 1.54) is 0 Å². The lowest BCUT2D eigenvalue weighted by Gasteiger charge is -2.09. The Morgan fingerprint density at radius 2 is 1.92 bits per heavy atom. The average Bonchev–Trinajstić information content (AvgIpc) is 3.10. The van der Waals surface area contributed by atoms with Crippen molar-refractivity contribution in [3.05, 3.63) is 78.4 Å². The van der Waals surface area contributed by atoms with Crippen LogP contribution in [0, 0.1) is 0 Å². The topological polar surface area (TPSA) is 80.9 Å². The van der Waals surface area contributed by atoms with Crippen molar-refractivity contribution < 1.29 is 9.32 Å². The van der Waals surface area contributed by atoms with Crippen LogP contribution in [-0.2, 0) is 17.8 Å². The van der Waals surface area contributed by atoms with Gasteiger partial charge in [0.15, 0.2) is 5.58 Å². The molecule has 0 fully saturated rings. The lowest BCUT2D eigenvalue weighted by atomic mass is 10.1. The van der Waals surface area contributed by atoms with Gasteiger partial charge in [-0.15, -0.1) is 0 Å². The number of hydrogen-bond donors (Lipinski definition) is 1.